The average Bonchev–Trinajstić information content (AvgIpc) is 2.89. The van der Waals surface area contributed by atoms with Crippen molar-refractivity contribution in [1.29, 1.82) is 0 Å². The molecule has 35 heavy (non-hydrogen) atoms. The van der Waals surface area contributed by atoms with Crippen molar-refractivity contribution in [3.63, 3.8) is 0 Å². The lowest BCUT2D eigenvalue weighted by molar-refractivity contribution is 0.590. The maximum Gasteiger partial charge on any atom is 0.116 e. The van der Waals surface area contributed by atoms with Gasteiger partial charge >= 0.3 is 0 Å². The van der Waals surface area contributed by atoms with E-state index in [1.807, 2.05) is 0 Å². The fourth-order valence-electron chi connectivity index (χ4n) is 4.93. The highest BCUT2D eigenvalue weighted by atomic mass is 15.2. The molecule has 0 amide bonds. The molecule has 0 N–H and O–H groups in total. The first-order valence-corrected chi connectivity index (χ1v) is 12.6. The first-order valence-electron chi connectivity index (χ1n) is 12.6. The Labute approximate surface area is 210 Å². The maximum absolute atomic E-state index is 5.13. The molecule has 0 bridgehead atoms. The van der Waals surface area contributed by atoms with Crippen LogP contribution in [0.3, 0.4) is 0 Å². The zero-order valence-electron chi connectivity index (χ0n) is 21.2. The van der Waals surface area contributed by atoms with Crippen molar-refractivity contribution in [1.82, 2.24) is 0 Å². The van der Waals surface area contributed by atoms with Crippen molar-refractivity contribution in [3.05, 3.63) is 125 Å². The molecule has 2 aliphatic rings. The van der Waals surface area contributed by atoms with Gasteiger partial charge in [-0.1, -0.05) is 112 Å². The van der Waals surface area contributed by atoms with Crippen LogP contribution in [0.5, 0.6) is 0 Å². The van der Waals surface area contributed by atoms with Crippen LogP contribution in [0.25, 0.3) is 11.3 Å². The van der Waals surface area contributed by atoms with Gasteiger partial charge in [0.2, 0.25) is 0 Å². The zero-order valence-corrected chi connectivity index (χ0v) is 21.2. The lowest BCUT2D eigenvalue weighted by Crippen LogP contribution is -2.38. The molecule has 5 rings (SSSR count). The Morgan fingerprint density at radius 2 is 1.46 bits per heavy atom. The van der Waals surface area contributed by atoms with Gasteiger partial charge in [-0.05, 0) is 58.7 Å². The van der Waals surface area contributed by atoms with E-state index in [-0.39, 0.29) is 11.3 Å². The number of aliphatic imine (C=N–C) groups is 1. The van der Waals surface area contributed by atoms with E-state index in [2.05, 4.69) is 136 Å². The number of hydrogen-bond acceptors (Lipinski definition) is 2. The molecular weight excluding hydrogens is 424 g/mol. The van der Waals surface area contributed by atoms with Gasteiger partial charge in [0.15, 0.2) is 0 Å². The van der Waals surface area contributed by atoms with Gasteiger partial charge in [0.1, 0.15) is 5.84 Å². The number of amidine groups is 1. The number of para-hydroxylation sites is 1. The summed E-state index contributed by atoms with van der Waals surface area (Å²) >= 11 is 0. The Balaban J connectivity index is 1.51. The van der Waals surface area contributed by atoms with Crippen molar-refractivity contribution in [2.24, 2.45) is 10.9 Å². The first-order chi connectivity index (χ1) is 16.9. The molecule has 0 aromatic heterocycles. The predicted octanol–water partition coefficient (Wildman–Crippen LogP) is 8.29. The normalized spacial score (nSPS) is 18.4. The predicted molar refractivity (Wildman–Crippen MR) is 151 cm³/mol. The lowest BCUT2D eigenvalue weighted by Gasteiger charge is -2.37. The number of benzene rings is 3. The van der Waals surface area contributed by atoms with E-state index in [9.17, 15) is 0 Å². The smallest absolute Gasteiger partial charge is 0.116 e. The van der Waals surface area contributed by atoms with Crippen molar-refractivity contribution in [2.45, 2.75) is 39.5 Å². The standard InChI is InChI=1S/C33H34N2/c1-24-23-34-32(28-17-15-26(16-18-28)25-11-7-5-8-12-25)35(30-13-9-6-10-14-30)31(24)27-19-21-29(22-20-27)33(2,3)4/h5-17,19-22,28H,18,23H2,1-4H3. The van der Waals surface area contributed by atoms with E-state index in [1.54, 1.807) is 0 Å². The molecule has 3 aromatic rings. The summed E-state index contributed by atoms with van der Waals surface area (Å²) in [5, 5.41) is 0. The highest BCUT2D eigenvalue weighted by Crippen LogP contribution is 2.37. The van der Waals surface area contributed by atoms with Gasteiger partial charge < -0.3 is 0 Å². The largest absolute Gasteiger partial charge is 0.298 e. The quantitative estimate of drug-likeness (QED) is 0.384. The molecule has 1 atom stereocenters. The van der Waals surface area contributed by atoms with Gasteiger partial charge in [-0.2, -0.15) is 0 Å². The van der Waals surface area contributed by atoms with Crippen molar-refractivity contribution in [2.75, 3.05) is 11.4 Å². The fourth-order valence-corrected chi connectivity index (χ4v) is 4.93. The molecule has 176 valence electrons. The summed E-state index contributed by atoms with van der Waals surface area (Å²) in [5.41, 5.74) is 8.99. The zero-order chi connectivity index (χ0) is 24.4. The van der Waals surface area contributed by atoms with Crippen LogP contribution in [0.1, 0.15) is 50.8 Å². The van der Waals surface area contributed by atoms with Crippen molar-refractivity contribution in [3.8, 4) is 0 Å². The summed E-state index contributed by atoms with van der Waals surface area (Å²) in [7, 11) is 0. The van der Waals surface area contributed by atoms with Gasteiger partial charge in [-0.15, -0.1) is 0 Å². The summed E-state index contributed by atoms with van der Waals surface area (Å²) in [6, 6.07) is 30.4. The number of anilines is 1. The average molecular weight is 459 g/mol. The number of rotatable bonds is 4. The summed E-state index contributed by atoms with van der Waals surface area (Å²) in [4.78, 5) is 7.52. The van der Waals surface area contributed by atoms with Crippen LogP contribution in [0.15, 0.2) is 114 Å². The second kappa shape index (κ2) is 9.54. The summed E-state index contributed by atoms with van der Waals surface area (Å²) in [6.45, 7) is 9.74. The van der Waals surface area contributed by atoms with Gasteiger partial charge in [0.05, 0.1) is 12.2 Å². The molecule has 0 radical (unpaired) electrons. The minimum atomic E-state index is 0.135. The molecule has 2 nitrogen and oxygen atoms in total. The van der Waals surface area contributed by atoms with Crippen LogP contribution in [0.2, 0.25) is 0 Å². The lowest BCUT2D eigenvalue weighted by atomic mass is 9.86. The first kappa shape index (κ1) is 23.1. The van der Waals surface area contributed by atoms with Gasteiger partial charge in [0.25, 0.3) is 0 Å². The van der Waals surface area contributed by atoms with Crippen molar-refractivity contribution < 1.29 is 0 Å². The molecule has 1 aliphatic heterocycles. The molecular formula is C33H34N2. The summed E-state index contributed by atoms with van der Waals surface area (Å²) < 4.78 is 0. The van der Waals surface area contributed by atoms with E-state index in [0.29, 0.717) is 0 Å². The Morgan fingerprint density at radius 3 is 2.06 bits per heavy atom. The molecule has 2 heteroatoms. The molecule has 1 unspecified atom stereocenters. The van der Waals surface area contributed by atoms with Crippen LogP contribution in [-0.4, -0.2) is 12.4 Å². The SMILES string of the molecule is CC1=C(c2ccc(C(C)(C)C)cc2)N(c2ccccc2)C(C2C=CC(c3ccccc3)=CC2)=NC1. The van der Waals surface area contributed by atoms with E-state index >= 15 is 0 Å². The highest BCUT2D eigenvalue weighted by molar-refractivity contribution is 6.12. The number of allylic oxidation sites excluding steroid dienone is 3. The van der Waals surface area contributed by atoms with Gasteiger partial charge in [-0.25, -0.2) is 0 Å². The number of hydrogen-bond donors (Lipinski definition) is 0. The molecule has 1 aliphatic carbocycles. The van der Waals surface area contributed by atoms with E-state index in [4.69, 9.17) is 4.99 Å². The summed E-state index contributed by atoms with van der Waals surface area (Å²) in [5.74, 6) is 1.36. The molecule has 0 fully saturated rings. The van der Waals surface area contributed by atoms with E-state index < -0.39 is 0 Å². The Morgan fingerprint density at radius 1 is 0.800 bits per heavy atom. The summed E-state index contributed by atoms with van der Waals surface area (Å²) in [6.07, 6.45) is 7.89. The van der Waals surface area contributed by atoms with Crippen molar-refractivity contribution >= 4 is 22.8 Å². The van der Waals surface area contributed by atoms with Crippen LogP contribution in [0.4, 0.5) is 5.69 Å². The van der Waals surface area contributed by atoms with E-state index in [1.165, 1.54) is 33.5 Å². The second-order valence-electron chi connectivity index (χ2n) is 10.5. The topological polar surface area (TPSA) is 15.6 Å². The maximum atomic E-state index is 5.13. The minimum Gasteiger partial charge on any atom is -0.298 e. The third-order valence-corrected chi connectivity index (χ3v) is 6.91. The van der Waals surface area contributed by atoms with Crippen LogP contribution < -0.4 is 4.90 Å². The molecule has 0 saturated carbocycles. The van der Waals surface area contributed by atoms with Crippen LogP contribution in [-0.2, 0) is 5.41 Å². The monoisotopic (exact) mass is 458 g/mol. The minimum absolute atomic E-state index is 0.135. The van der Waals surface area contributed by atoms with Crippen LogP contribution >= 0.6 is 0 Å². The fraction of sp³-hybridized carbons (Fsp3) is 0.242. The number of nitrogens with zero attached hydrogens (tertiary/aromatic N) is 2. The third-order valence-electron chi connectivity index (χ3n) is 6.91. The van der Waals surface area contributed by atoms with Gasteiger partial charge in [0, 0.05) is 11.6 Å². The molecule has 0 spiro atoms. The van der Waals surface area contributed by atoms with Gasteiger partial charge in [-0.3, -0.25) is 9.89 Å². The van der Waals surface area contributed by atoms with E-state index in [0.717, 1.165) is 24.5 Å². The molecule has 0 saturated heterocycles. The Bertz CT molecular complexity index is 1300. The highest BCUT2D eigenvalue weighted by Gasteiger charge is 2.30. The third kappa shape index (κ3) is 4.79. The molecule has 1 heterocycles. The molecule has 3 aromatic carbocycles. The Hall–Kier alpha value is -3.65. The Kier molecular flexibility index (Phi) is 6.30. The van der Waals surface area contributed by atoms with Crippen LogP contribution in [0, 0.1) is 5.92 Å². The second-order valence-corrected chi connectivity index (χ2v) is 10.5.